The van der Waals surface area contributed by atoms with Gasteiger partial charge >= 0.3 is 0 Å². The molecule has 0 radical (unpaired) electrons. The molecule has 0 unspecified atom stereocenters. The molecular formula is C18H20F2N4O2. The van der Waals surface area contributed by atoms with Crippen molar-refractivity contribution in [3.8, 4) is 11.6 Å². The highest BCUT2D eigenvalue weighted by Gasteiger charge is 2.27. The normalized spacial score (nSPS) is 17.3. The summed E-state index contributed by atoms with van der Waals surface area (Å²) >= 11 is 0. The lowest BCUT2D eigenvalue weighted by atomic mass is 10.1. The van der Waals surface area contributed by atoms with Gasteiger partial charge in [0.2, 0.25) is 11.8 Å². The first-order valence-electron chi connectivity index (χ1n) is 8.47. The summed E-state index contributed by atoms with van der Waals surface area (Å²) in [5.74, 6) is -0.729. The minimum atomic E-state index is -0.984. The van der Waals surface area contributed by atoms with Crippen molar-refractivity contribution in [2.75, 3.05) is 24.5 Å². The molecule has 1 aromatic heterocycles. The number of amides is 1. The number of anilines is 1. The van der Waals surface area contributed by atoms with Gasteiger partial charge in [0, 0.05) is 44.2 Å². The van der Waals surface area contributed by atoms with E-state index in [1.165, 1.54) is 12.4 Å². The van der Waals surface area contributed by atoms with E-state index in [2.05, 4.69) is 9.97 Å². The Morgan fingerprint density at radius 1 is 1.23 bits per heavy atom. The van der Waals surface area contributed by atoms with Gasteiger partial charge in [0.05, 0.1) is 0 Å². The predicted molar refractivity (Wildman–Crippen MR) is 92.1 cm³/mol. The summed E-state index contributed by atoms with van der Waals surface area (Å²) in [6, 6.07) is 5.01. The third-order valence-electron chi connectivity index (χ3n) is 4.32. The Hall–Kier alpha value is -2.77. The van der Waals surface area contributed by atoms with Crippen LogP contribution >= 0.6 is 0 Å². The van der Waals surface area contributed by atoms with E-state index < -0.39 is 11.6 Å². The van der Waals surface area contributed by atoms with Crippen LogP contribution in [0.5, 0.6) is 11.6 Å². The Balaban J connectivity index is 1.71. The number of carbonyl (C=O) groups excluding carboxylic acids is 1. The SMILES string of the molecule is CCC(=O)N1CCN(c2cc(Oc3ccc(F)c(F)c3)ncn2)C[C@H]1C. The molecule has 1 atom stereocenters. The van der Waals surface area contributed by atoms with Crippen LogP contribution in [0.4, 0.5) is 14.6 Å². The second kappa shape index (κ2) is 7.63. The van der Waals surface area contributed by atoms with Gasteiger partial charge in [0.1, 0.15) is 17.9 Å². The lowest BCUT2D eigenvalue weighted by molar-refractivity contribution is -0.133. The van der Waals surface area contributed by atoms with Gasteiger partial charge in [-0.2, -0.15) is 0 Å². The fourth-order valence-electron chi connectivity index (χ4n) is 2.96. The monoisotopic (exact) mass is 362 g/mol. The first-order valence-corrected chi connectivity index (χ1v) is 8.47. The Labute approximate surface area is 150 Å². The lowest BCUT2D eigenvalue weighted by Crippen LogP contribution is -2.54. The van der Waals surface area contributed by atoms with Crippen molar-refractivity contribution in [3.05, 3.63) is 42.2 Å². The number of nitrogens with zero attached hydrogens (tertiary/aromatic N) is 4. The minimum Gasteiger partial charge on any atom is -0.439 e. The molecule has 138 valence electrons. The molecular weight excluding hydrogens is 342 g/mol. The van der Waals surface area contributed by atoms with Crippen molar-refractivity contribution in [1.82, 2.24) is 14.9 Å². The smallest absolute Gasteiger partial charge is 0.224 e. The van der Waals surface area contributed by atoms with Crippen LogP contribution in [-0.2, 0) is 4.79 Å². The molecule has 1 fully saturated rings. The van der Waals surface area contributed by atoms with Crippen LogP contribution in [0.2, 0.25) is 0 Å². The number of carbonyl (C=O) groups is 1. The van der Waals surface area contributed by atoms with Crippen LogP contribution in [0.3, 0.4) is 0 Å². The van der Waals surface area contributed by atoms with Crippen molar-refractivity contribution in [2.45, 2.75) is 26.3 Å². The molecule has 0 spiro atoms. The van der Waals surface area contributed by atoms with Gasteiger partial charge in [0.25, 0.3) is 0 Å². The molecule has 1 aliphatic rings. The molecule has 1 aromatic carbocycles. The van der Waals surface area contributed by atoms with Gasteiger partial charge in [-0.1, -0.05) is 6.92 Å². The van der Waals surface area contributed by atoms with E-state index in [0.717, 1.165) is 12.1 Å². The van der Waals surface area contributed by atoms with E-state index in [1.807, 2.05) is 23.6 Å². The van der Waals surface area contributed by atoms with Gasteiger partial charge in [-0.05, 0) is 19.1 Å². The van der Waals surface area contributed by atoms with E-state index in [0.29, 0.717) is 31.9 Å². The van der Waals surface area contributed by atoms with E-state index in [1.54, 1.807) is 6.07 Å². The molecule has 1 amide bonds. The zero-order valence-electron chi connectivity index (χ0n) is 14.7. The number of benzene rings is 1. The Morgan fingerprint density at radius 3 is 2.73 bits per heavy atom. The Bertz CT molecular complexity index is 803. The van der Waals surface area contributed by atoms with Crippen LogP contribution in [-0.4, -0.2) is 46.5 Å². The number of hydrogen-bond donors (Lipinski definition) is 0. The molecule has 0 saturated carbocycles. The van der Waals surface area contributed by atoms with Crippen molar-refractivity contribution in [2.24, 2.45) is 0 Å². The summed E-state index contributed by atoms with van der Waals surface area (Å²) < 4.78 is 31.8. The summed E-state index contributed by atoms with van der Waals surface area (Å²) in [7, 11) is 0. The lowest BCUT2D eigenvalue weighted by Gasteiger charge is -2.40. The fraction of sp³-hybridized carbons (Fsp3) is 0.389. The minimum absolute atomic E-state index is 0.0710. The molecule has 1 saturated heterocycles. The molecule has 26 heavy (non-hydrogen) atoms. The average molecular weight is 362 g/mol. The molecule has 0 bridgehead atoms. The number of halogens is 2. The van der Waals surface area contributed by atoms with E-state index >= 15 is 0 Å². The fourth-order valence-corrected chi connectivity index (χ4v) is 2.96. The summed E-state index contributed by atoms with van der Waals surface area (Å²) in [6.07, 6.45) is 1.85. The predicted octanol–water partition coefficient (Wildman–Crippen LogP) is 2.99. The largest absolute Gasteiger partial charge is 0.439 e. The third-order valence-corrected chi connectivity index (χ3v) is 4.32. The van der Waals surface area contributed by atoms with Crippen molar-refractivity contribution in [1.29, 1.82) is 0 Å². The maximum absolute atomic E-state index is 13.3. The summed E-state index contributed by atoms with van der Waals surface area (Å²) in [4.78, 5) is 24.1. The van der Waals surface area contributed by atoms with Gasteiger partial charge in [-0.15, -0.1) is 0 Å². The van der Waals surface area contributed by atoms with E-state index in [4.69, 9.17) is 4.74 Å². The number of aromatic nitrogens is 2. The second-order valence-electron chi connectivity index (χ2n) is 6.13. The molecule has 8 heteroatoms. The van der Waals surface area contributed by atoms with Crippen LogP contribution in [0.1, 0.15) is 20.3 Å². The summed E-state index contributed by atoms with van der Waals surface area (Å²) in [5.41, 5.74) is 0. The number of rotatable bonds is 4. The highest BCUT2D eigenvalue weighted by Crippen LogP contribution is 2.25. The van der Waals surface area contributed by atoms with Gasteiger partial charge in [-0.3, -0.25) is 4.79 Å². The molecule has 3 rings (SSSR count). The van der Waals surface area contributed by atoms with Crippen molar-refractivity contribution in [3.63, 3.8) is 0 Å². The van der Waals surface area contributed by atoms with Crippen LogP contribution in [0.25, 0.3) is 0 Å². The van der Waals surface area contributed by atoms with Gasteiger partial charge < -0.3 is 14.5 Å². The molecule has 2 heterocycles. The molecule has 2 aromatic rings. The van der Waals surface area contributed by atoms with Crippen LogP contribution < -0.4 is 9.64 Å². The maximum atomic E-state index is 13.3. The van der Waals surface area contributed by atoms with Crippen LogP contribution in [0.15, 0.2) is 30.6 Å². The Kier molecular flexibility index (Phi) is 5.29. The Morgan fingerprint density at radius 2 is 2.04 bits per heavy atom. The van der Waals surface area contributed by atoms with E-state index in [9.17, 15) is 13.6 Å². The zero-order chi connectivity index (χ0) is 18.7. The standard InChI is InChI=1S/C18H20F2N4O2/c1-3-18(25)24-7-6-23(10-12(24)2)16-9-17(22-11-21-16)26-13-4-5-14(19)15(20)8-13/h4-5,8-9,11-12H,3,6-7,10H2,1-2H3/t12-/m1/s1. The first-order chi connectivity index (χ1) is 12.5. The number of hydrogen-bond acceptors (Lipinski definition) is 5. The first kappa shape index (κ1) is 18.0. The highest BCUT2D eigenvalue weighted by molar-refractivity contribution is 5.76. The van der Waals surface area contributed by atoms with Crippen molar-refractivity contribution < 1.29 is 18.3 Å². The average Bonchev–Trinajstić information content (AvgIpc) is 2.64. The third kappa shape index (κ3) is 3.89. The van der Waals surface area contributed by atoms with Crippen molar-refractivity contribution >= 4 is 11.7 Å². The summed E-state index contributed by atoms with van der Waals surface area (Å²) in [6.45, 7) is 5.77. The second-order valence-corrected chi connectivity index (χ2v) is 6.13. The van der Waals surface area contributed by atoms with E-state index in [-0.39, 0.29) is 23.6 Å². The summed E-state index contributed by atoms with van der Waals surface area (Å²) in [5, 5.41) is 0. The number of piperazine rings is 1. The van der Waals surface area contributed by atoms with Crippen LogP contribution in [0, 0.1) is 11.6 Å². The maximum Gasteiger partial charge on any atom is 0.224 e. The number of ether oxygens (including phenoxy) is 1. The topological polar surface area (TPSA) is 58.6 Å². The molecule has 6 nitrogen and oxygen atoms in total. The van der Waals surface area contributed by atoms with Gasteiger partial charge in [0.15, 0.2) is 11.6 Å². The quantitative estimate of drug-likeness (QED) is 0.837. The highest BCUT2D eigenvalue weighted by atomic mass is 19.2. The molecule has 0 N–H and O–H groups in total. The van der Waals surface area contributed by atoms with Gasteiger partial charge in [-0.25, -0.2) is 18.7 Å². The molecule has 1 aliphatic heterocycles. The zero-order valence-corrected chi connectivity index (χ0v) is 14.7. The molecule has 0 aliphatic carbocycles.